The Bertz CT molecular complexity index is 984. The van der Waals surface area contributed by atoms with Crippen molar-refractivity contribution in [3.8, 4) is 11.5 Å². The fraction of sp³-hybridized carbons (Fsp3) is 0.500. The fourth-order valence-corrected chi connectivity index (χ4v) is 5.50. The Kier molecular flexibility index (Phi) is 5.67. The van der Waals surface area contributed by atoms with Gasteiger partial charge in [0.05, 0.1) is 0 Å². The van der Waals surface area contributed by atoms with Gasteiger partial charge in [-0.05, 0) is 31.5 Å². The van der Waals surface area contributed by atoms with Crippen molar-refractivity contribution < 1.29 is 38.1 Å². The first kappa shape index (κ1) is 22.2. The number of fused-ring (bicyclic) bond motifs is 2. The third-order valence-electron chi connectivity index (χ3n) is 5.46. The predicted octanol–water partition coefficient (Wildman–Crippen LogP) is 0.0260. The molecule has 4 atom stereocenters. The van der Waals surface area contributed by atoms with Crippen molar-refractivity contribution >= 4 is 35.5 Å². The van der Waals surface area contributed by atoms with E-state index in [1.165, 1.54) is 23.6 Å². The molecule has 11 nitrogen and oxygen atoms in total. The molecule has 0 bridgehead atoms. The number of nitrogens with two attached hydrogens (primary N) is 1. The Morgan fingerprint density at radius 1 is 1.28 bits per heavy atom. The van der Waals surface area contributed by atoms with E-state index in [1.54, 1.807) is 32.0 Å². The topological polar surface area (TPSA) is 146 Å². The van der Waals surface area contributed by atoms with E-state index in [2.05, 4.69) is 10.1 Å². The molecule has 0 aliphatic carbocycles. The van der Waals surface area contributed by atoms with Gasteiger partial charge in [-0.2, -0.15) is 0 Å². The van der Waals surface area contributed by atoms with Crippen molar-refractivity contribution in [2.24, 2.45) is 5.73 Å². The molecule has 172 valence electrons. The second kappa shape index (κ2) is 8.17. The fourth-order valence-electron chi connectivity index (χ4n) is 3.88. The SMILES string of the molecule is CC(=O)OCOC(=O)[C@@H]1N2C(=O)C(NC(=O)C(N)c3ccc4c(c3)OCO4)[C@H]2SC1(C)C. The minimum absolute atomic E-state index is 0.103. The van der Waals surface area contributed by atoms with Gasteiger partial charge in [0.1, 0.15) is 23.5 Å². The molecule has 3 aliphatic heterocycles. The quantitative estimate of drug-likeness (QED) is 0.335. The third kappa shape index (κ3) is 3.84. The van der Waals surface area contributed by atoms with E-state index in [4.69, 9.17) is 19.9 Å². The van der Waals surface area contributed by atoms with Crippen molar-refractivity contribution in [3.63, 3.8) is 0 Å². The summed E-state index contributed by atoms with van der Waals surface area (Å²) in [5, 5.41) is 2.24. The molecule has 2 fully saturated rings. The van der Waals surface area contributed by atoms with Crippen LogP contribution >= 0.6 is 11.8 Å². The Balaban J connectivity index is 1.40. The monoisotopic (exact) mass is 465 g/mol. The smallest absolute Gasteiger partial charge is 0.333 e. The molecule has 32 heavy (non-hydrogen) atoms. The molecule has 0 radical (unpaired) electrons. The number of nitrogens with zero attached hydrogens (tertiary/aromatic N) is 1. The maximum absolute atomic E-state index is 12.8. The number of thioether (sulfide) groups is 1. The molecule has 0 aromatic heterocycles. The van der Waals surface area contributed by atoms with Crippen LogP contribution in [0.3, 0.4) is 0 Å². The number of carbonyl (C=O) groups excluding carboxylic acids is 4. The summed E-state index contributed by atoms with van der Waals surface area (Å²) < 4.78 is 19.5. The molecule has 3 aliphatic rings. The Labute approximate surface area is 187 Å². The van der Waals surface area contributed by atoms with Crippen LogP contribution in [0.2, 0.25) is 0 Å². The number of rotatable bonds is 6. The van der Waals surface area contributed by atoms with Crippen LogP contribution in [0.15, 0.2) is 18.2 Å². The molecule has 0 spiro atoms. The van der Waals surface area contributed by atoms with Gasteiger partial charge in [-0.3, -0.25) is 14.4 Å². The molecule has 2 unspecified atom stereocenters. The summed E-state index contributed by atoms with van der Waals surface area (Å²) >= 11 is 1.38. The molecule has 2 saturated heterocycles. The van der Waals surface area contributed by atoms with Crippen LogP contribution in [0.25, 0.3) is 0 Å². The Hall–Kier alpha value is -2.99. The highest BCUT2D eigenvalue weighted by molar-refractivity contribution is 8.01. The molecule has 2 amide bonds. The van der Waals surface area contributed by atoms with E-state index in [1.807, 2.05) is 0 Å². The highest BCUT2D eigenvalue weighted by Gasteiger charge is 2.64. The van der Waals surface area contributed by atoms with E-state index in [0.29, 0.717) is 17.1 Å². The number of carbonyl (C=O) groups is 4. The standard InChI is InChI=1S/C20H23N3O8S/c1-9(24)28-7-31-19(27)15-20(2,3)32-18-14(17(26)23(15)18)22-16(25)13(21)10-4-5-11-12(6-10)30-8-29-11/h4-6,13-15,18H,7-8,21H2,1-3H3,(H,22,25)/t13?,14?,15-,18+/m0/s1. The molecular formula is C20H23N3O8S. The lowest BCUT2D eigenvalue weighted by Crippen LogP contribution is -2.71. The number of nitrogens with one attached hydrogen (secondary N) is 1. The summed E-state index contributed by atoms with van der Waals surface area (Å²) in [5.74, 6) is -1.13. The van der Waals surface area contributed by atoms with Crippen LogP contribution in [0.1, 0.15) is 32.4 Å². The molecule has 3 heterocycles. The molecule has 1 aromatic rings. The van der Waals surface area contributed by atoms with Gasteiger partial charge < -0.3 is 34.9 Å². The second-order valence-corrected chi connectivity index (χ2v) is 9.82. The molecule has 1 aromatic carbocycles. The van der Waals surface area contributed by atoms with Crippen LogP contribution in [0.5, 0.6) is 11.5 Å². The van der Waals surface area contributed by atoms with Crippen molar-refractivity contribution in [2.75, 3.05) is 13.6 Å². The van der Waals surface area contributed by atoms with Crippen molar-refractivity contribution in [2.45, 2.75) is 49.0 Å². The number of esters is 2. The van der Waals surface area contributed by atoms with Crippen LogP contribution in [0.4, 0.5) is 0 Å². The van der Waals surface area contributed by atoms with E-state index in [9.17, 15) is 19.2 Å². The number of β-lactam (4-membered cyclic amide) rings is 1. The predicted molar refractivity (Wildman–Crippen MR) is 110 cm³/mol. The summed E-state index contributed by atoms with van der Waals surface area (Å²) in [6.45, 7) is 4.38. The molecular weight excluding hydrogens is 442 g/mol. The number of ether oxygens (including phenoxy) is 4. The number of benzene rings is 1. The molecule has 0 saturated carbocycles. The summed E-state index contributed by atoms with van der Waals surface area (Å²) in [6.07, 6.45) is 0. The van der Waals surface area contributed by atoms with Crippen LogP contribution in [0, 0.1) is 0 Å². The van der Waals surface area contributed by atoms with E-state index in [-0.39, 0.29) is 6.79 Å². The summed E-state index contributed by atoms with van der Waals surface area (Å²) in [4.78, 5) is 50.3. The first-order chi connectivity index (χ1) is 15.1. The minimum Gasteiger partial charge on any atom is -0.454 e. The van der Waals surface area contributed by atoms with E-state index in [0.717, 1.165) is 0 Å². The van der Waals surface area contributed by atoms with Gasteiger partial charge >= 0.3 is 11.9 Å². The van der Waals surface area contributed by atoms with Crippen molar-refractivity contribution in [1.29, 1.82) is 0 Å². The Morgan fingerprint density at radius 3 is 2.72 bits per heavy atom. The molecule has 3 N–H and O–H groups in total. The minimum atomic E-state index is -1.02. The third-order valence-corrected chi connectivity index (χ3v) is 7.04. The molecule has 12 heteroatoms. The van der Waals surface area contributed by atoms with Crippen molar-refractivity contribution in [1.82, 2.24) is 10.2 Å². The van der Waals surface area contributed by atoms with Crippen LogP contribution < -0.4 is 20.5 Å². The normalized spacial score (nSPS) is 25.4. The lowest BCUT2D eigenvalue weighted by molar-refractivity contribution is -0.175. The number of hydrogen-bond donors (Lipinski definition) is 2. The zero-order valence-corrected chi connectivity index (χ0v) is 18.5. The van der Waals surface area contributed by atoms with Gasteiger partial charge in [0, 0.05) is 11.7 Å². The number of hydrogen-bond acceptors (Lipinski definition) is 10. The summed E-state index contributed by atoms with van der Waals surface area (Å²) in [5.41, 5.74) is 6.61. The molecule has 4 rings (SSSR count). The second-order valence-electron chi connectivity index (χ2n) is 8.05. The largest absolute Gasteiger partial charge is 0.454 e. The average molecular weight is 465 g/mol. The van der Waals surface area contributed by atoms with Crippen LogP contribution in [-0.4, -0.2) is 64.4 Å². The van der Waals surface area contributed by atoms with E-state index >= 15 is 0 Å². The highest BCUT2D eigenvalue weighted by atomic mass is 32.2. The Morgan fingerprint density at radius 2 is 2.00 bits per heavy atom. The first-order valence-corrected chi connectivity index (χ1v) is 10.7. The van der Waals surface area contributed by atoms with Crippen LogP contribution in [-0.2, 0) is 28.7 Å². The number of amides is 2. The summed E-state index contributed by atoms with van der Waals surface area (Å²) in [7, 11) is 0. The van der Waals surface area contributed by atoms with E-state index < -0.39 is 58.8 Å². The van der Waals surface area contributed by atoms with Gasteiger partial charge in [-0.1, -0.05) is 6.07 Å². The lowest BCUT2D eigenvalue weighted by Gasteiger charge is -2.44. The zero-order chi connectivity index (χ0) is 23.2. The maximum atomic E-state index is 12.8. The van der Waals surface area contributed by atoms with Crippen molar-refractivity contribution in [3.05, 3.63) is 23.8 Å². The maximum Gasteiger partial charge on any atom is 0.333 e. The average Bonchev–Trinajstić information content (AvgIpc) is 3.30. The van der Waals surface area contributed by atoms with Gasteiger partial charge in [0.25, 0.3) is 0 Å². The van der Waals surface area contributed by atoms with Gasteiger partial charge in [0.15, 0.2) is 11.5 Å². The summed E-state index contributed by atoms with van der Waals surface area (Å²) in [6, 6.07) is 2.24. The lowest BCUT2D eigenvalue weighted by atomic mass is 9.95. The first-order valence-electron chi connectivity index (χ1n) is 9.85. The van der Waals surface area contributed by atoms with Gasteiger partial charge in [0.2, 0.25) is 25.4 Å². The van der Waals surface area contributed by atoms with Gasteiger partial charge in [-0.15, -0.1) is 11.8 Å². The van der Waals surface area contributed by atoms with Gasteiger partial charge in [-0.25, -0.2) is 4.79 Å². The highest BCUT2D eigenvalue weighted by Crippen LogP contribution is 2.51. The zero-order valence-electron chi connectivity index (χ0n) is 17.7.